The van der Waals surface area contributed by atoms with Gasteiger partial charge in [-0.3, -0.25) is 0 Å². The molecule has 0 aliphatic heterocycles. The summed E-state index contributed by atoms with van der Waals surface area (Å²) in [4.78, 5) is 45.0. The minimum atomic E-state index is -1.44. The fourth-order valence-corrected chi connectivity index (χ4v) is 0. The van der Waals surface area contributed by atoms with Crippen molar-refractivity contribution in [1.82, 2.24) is 0 Å². The van der Waals surface area contributed by atoms with Crippen LogP contribution in [0.4, 0.5) is 0 Å². The van der Waals surface area contributed by atoms with E-state index in [1.807, 2.05) is 0 Å². The van der Waals surface area contributed by atoms with Crippen molar-refractivity contribution < 1.29 is 97.4 Å². The summed E-state index contributed by atoms with van der Waals surface area (Å²) in [5.41, 5.74) is 0. The van der Waals surface area contributed by atoms with Gasteiger partial charge in [-0.25, -0.2) is 0 Å². The first kappa shape index (κ1) is 39.1. The number of hydrogen-bond donors (Lipinski definition) is 5. The molecule has 0 saturated heterocycles. The van der Waals surface area contributed by atoms with Gasteiger partial charge in [-0.05, 0) is 0 Å². The van der Waals surface area contributed by atoms with Crippen LogP contribution in [0.1, 0.15) is 0 Å². The van der Waals surface area contributed by atoms with E-state index in [9.17, 15) is 0 Å². The summed E-state index contributed by atoms with van der Waals surface area (Å²) >= 11 is 0. The fourth-order valence-electron chi connectivity index (χ4n) is 0. The largest absolute Gasteiger partial charge is 5.00 e. The Labute approximate surface area is 160 Å². The molecule has 16 heteroatoms. The first-order valence-corrected chi connectivity index (χ1v) is 5.39. The van der Waals surface area contributed by atoms with E-state index in [0.29, 0.717) is 0 Å². The van der Waals surface area contributed by atoms with E-state index in [2.05, 4.69) is 0 Å². The number of aliphatic hydroxyl groups is 5. The Morgan fingerprint density at radius 3 is 0.462 bits per heavy atom. The Balaban J connectivity index is -0.0000000476. The summed E-state index contributed by atoms with van der Waals surface area (Å²) < 4.78 is 0. The summed E-state index contributed by atoms with van der Waals surface area (Å²) in [6, 6.07) is 0. The topological polar surface area (TPSA) is 302 Å². The van der Waals surface area contributed by atoms with Gasteiger partial charge in [0.2, 0.25) is 0 Å². The Morgan fingerprint density at radius 2 is 0.462 bits per heavy atom. The third-order valence-electron chi connectivity index (χ3n) is 0.645. The van der Waals surface area contributed by atoms with Gasteiger partial charge in [0.25, 0.3) is 0 Å². The smallest absolute Gasteiger partial charge is 0.548 e. The SMILES string of the molecule is O=C([O-])CO.O=C([O-])CO.O=C([O-])CO.O=C([O-])CO.O=C([O-])CO.[Nb+5]. The molecule has 0 unspecified atom stereocenters. The maximum Gasteiger partial charge on any atom is 5.00 e. The van der Waals surface area contributed by atoms with Gasteiger partial charge >= 0.3 is 22.4 Å². The summed E-state index contributed by atoms with van der Waals surface area (Å²) in [7, 11) is 0. The van der Waals surface area contributed by atoms with Crippen LogP contribution in [0.3, 0.4) is 0 Å². The number of aliphatic hydroxyl groups excluding tert-OH is 5. The zero-order valence-corrected chi connectivity index (χ0v) is 15.0. The number of hydrogen-bond acceptors (Lipinski definition) is 15. The minimum Gasteiger partial charge on any atom is -0.548 e. The molecule has 0 rings (SSSR count). The van der Waals surface area contributed by atoms with Gasteiger partial charge in [0, 0.05) is 0 Å². The molecule has 26 heavy (non-hydrogen) atoms. The molecule has 0 amide bonds. The first-order valence-electron chi connectivity index (χ1n) is 5.39. The Hall–Kier alpha value is -2.11. The van der Waals surface area contributed by atoms with Crippen molar-refractivity contribution in [2.45, 2.75) is 0 Å². The normalized spacial score (nSPS) is 7.12. The number of carbonyl (C=O) groups is 5. The zero-order chi connectivity index (χ0) is 21.4. The van der Waals surface area contributed by atoms with E-state index in [1.54, 1.807) is 0 Å². The van der Waals surface area contributed by atoms with Crippen LogP contribution in [0.5, 0.6) is 0 Å². The van der Waals surface area contributed by atoms with Crippen molar-refractivity contribution in [2.75, 3.05) is 33.0 Å². The van der Waals surface area contributed by atoms with Gasteiger partial charge in [0.1, 0.15) is 0 Å². The molecule has 0 bridgehead atoms. The minimum absolute atomic E-state index is 0. The predicted octanol–water partition coefficient (Wildman–Crippen LogP) is -11.4. The van der Waals surface area contributed by atoms with E-state index >= 15 is 0 Å². The molecule has 0 heterocycles. The summed E-state index contributed by atoms with van der Waals surface area (Å²) in [5.74, 6) is -7.20. The van der Waals surface area contributed by atoms with E-state index < -0.39 is 62.9 Å². The van der Waals surface area contributed by atoms with Gasteiger partial charge in [-0.15, -0.1) is 0 Å². The molecule has 0 saturated carbocycles. The molecule has 0 fully saturated rings. The van der Waals surface area contributed by atoms with Crippen LogP contribution in [0.15, 0.2) is 0 Å². The third-order valence-corrected chi connectivity index (χ3v) is 0.645. The maximum atomic E-state index is 9.01. The molecular weight excluding hydrogens is 453 g/mol. The van der Waals surface area contributed by atoms with Crippen LogP contribution in [0, 0.1) is 0 Å². The molecule has 0 spiro atoms. The summed E-state index contributed by atoms with van der Waals surface area (Å²) in [5, 5.41) is 82.4. The summed E-state index contributed by atoms with van der Waals surface area (Å²) in [6.07, 6.45) is 0. The molecule has 0 atom stereocenters. The van der Waals surface area contributed by atoms with Crippen LogP contribution in [0.25, 0.3) is 0 Å². The second-order valence-corrected chi connectivity index (χ2v) is 2.65. The third kappa shape index (κ3) is 153. The molecule has 0 aromatic carbocycles. The van der Waals surface area contributed by atoms with Crippen molar-refractivity contribution in [3.63, 3.8) is 0 Å². The van der Waals surface area contributed by atoms with E-state index in [0.717, 1.165) is 0 Å². The Bertz CT molecular complexity index is 288. The summed E-state index contributed by atoms with van der Waals surface area (Å²) in [6.45, 7) is -4.44. The second-order valence-electron chi connectivity index (χ2n) is 2.65. The zero-order valence-electron chi connectivity index (χ0n) is 12.8. The van der Waals surface area contributed by atoms with Crippen molar-refractivity contribution in [1.29, 1.82) is 0 Å². The Morgan fingerprint density at radius 1 is 0.423 bits per heavy atom. The second kappa shape index (κ2) is 34.3. The maximum absolute atomic E-state index is 9.01. The average molecular weight is 468 g/mol. The van der Waals surface area contributed by atoms with Gasteiger partial charge < -0.3 is 75.0 Å². The molecule has 5 N–H and O–H groups in total. The molecule has 0 aliphatic rings. The van der Waals surface area contributed by atoms with Crippen LogP contribution in [-0.4, -0.2) is 88.4 Å². The standard InChI is InChI=1S/5C2H4O3.Nb/c5*3-1-2(4)5;/h5*3H,1H2,(H,4,5);/q;;;;;+5/p-5. The Kier molecular flexibility index (Phi) is 51.6. The van der Waals surface area contributed by atoms with Gasteiger partial charge in [-0.2, -0.15) is 0 Å². The van der Waals surface area contributed by atoms with Crippen LogP contribution < -0.4 is 25.5 Å². The van der Waals surface area contributed by atoms with Crippen LogP contribution in [0.2, 0.25) is 0 Å². The first-order chi connectivity index (χ1) is 11.4. The molecule has 0 radical (unpaired) electrons. The van der Waals surface area contributed by atoms with Gasteiger partial charge in [0.15, 0.2) is 0 Å². The van der Waals surface area contributed by atoms with Crippen molar-refractivity contribution in [3.8, 4) is 0 Å². The monoisotopic (exact) mass is 468 g/mol. The average Bonchev–Trinajstić information content (AvgIpc) is 2.56. The number of carboxylic acids is 5. The quantitative estimate of drug-likeness (QED) is 0.234. The number of aliphatic carboxylic acids is 5. The number of carbonyl (C=O) groups excluding carboxylic acids is 5. The number of carboxylic acid groups (broad SMARTS) is 5. The van der Waals surface area contributed by atoms with Crippen molar-refractivity contribution in [2.24, 2.45) is 0 Å². The molecule has 0 aromatic rings. The van der Waals surface area contributed by atoms with E-state index in [1.165, 1.54) is 0 Å². The molecule has 150 valence electrons. The fraction of sp³-hybridized carbons (Fsp3) is 0.500. The molecule has 15 nitrogen and oxygen atoms in total. The van der Waals surface area contributed by atoms with Crippen LogP contribution >= 0.6 is 0 Å². The molecule has 0 aliphatic carbocycles. The van der Waals surface area contributed by atoms with Crippen molar-refractivity contribution >= 4 is 29.8 Å². The predicted molar refractivity (Wildman–Crippen MR) is 60.5 cm³/mol. The van der Waals surface area contributed by atoms with Gasteiger partial charge in [-0.1, -0.05) is 0 Å². The van der Waals surface area contributed by atoms with E-state index in [4.69, 9.17) is 75.0 Å². The molecule has 0 aromatic heterocycles. The van der Waals surface area contributed by atoms with E-state index in [-0.39, 0.29) is 22.4 Å². The number of rotatable bonds is 5. The van der Waals surface area contributed by atoms with Gasteiger partial charge in [0.05, 0.1) is 62.9 Å². The molecular formula is C10H15NbO15. The van der Waals surface area contributed by atoms with Crippen LogP contribution in [-0.2, 0) is 46.4 Å². The van der Waals surface area contributed by atoms with Crippen molar-refractivity contribution in [3.05, 3.63) is 0 Å².